The Morgan fingerprint density at radius 3 is 2.43 bits per heavy atom. The van der Waals surface area contributed by atoms with Gasteiger partial charge in [-0.15, -0.1) is 0 Å². The normalized spacial score (nSPS) is 15.4. The van der Waals surface area contributed by atoms with Gasteiger partial charge in [-0.25, -0.2) is 0 Å². The minimum atomic E-state index is 0.662. The third-order valence-corrected chi connectivity index (χ3v) is 2.81. The van der Waals surface area contributed by atoms with Gasteiger partial charge >= 0.3 is 0 Å². The summed E-state index contributed by atoms with van der Waals surface area (Å²) in [5, 5.41) is 3.41. The fourth-order valence-electron chi connectivity index (χ4n) is 1.92. The molecule has 2 unspecified atom stereocenters. The maximum atomic E-state index is 5.34. The van der Waals surface area contributed by atoms with Gasteiger partial charge in [0.2, 0.25) is 0 Å². The van der Waals surface area contributed by atoms with E-state index >= 15 is 0 Å². The summed E-state index contributed by atoms with van der Waals surface area (Å²) >= 11 is 0. The number of rotatable bonds is 9. The number of ether oxygens (including phenoxy) is 1. The predicted molar refractivity (Wildman–Crippen MR) is 62.6 cm³/mol. The zero-order valence-electron chi connectivity index (χ0n) is 10.3. The van der Waals surface area contributed by atoms with Crippen molar-refractivity contribution < 1.29 is 4.74 Å². The molecule has 86 valence electrons. The first-order chi connectivity index (χ1) is 6.76. The maximum absolute atomic E-state index is 5.34. The lowest BCUT2D eigenvalue weighted by Gasteiger charge is -2.23. The Morgan fingerprint density at radius 1 is 1.21 bits per heavy atom. The second-order valence-corrected chi connectivity index (χ2v) is 4.00. The van der Waals surface area contributed by atoms with Crippen molar-refractivity contribution >= 4 is 0 Å². The van der Waals surface area contributed by atoms with E-state index in [4.69, 9.17) is 4.74 Å². The van der Waals surface area contributed by atoms with Crippen LogP contribution in [0.15, 0.2) is 0 Å². The van der Waals surface area contributed by atoms with Gasteiger partial charge in [-0.05, 0) is 39.2 Å². The molecule has 0 rings (SSSR count). The first-order valence-electron chi connectivity index (χ1n) is 6.01. The molecule has 0 aliphatic carbocycles. The molecule has 0 aliphatic heterocycles. The van der Waals surface area contributed by atoms with Crippen LogP contribution in [0.4, 0.5) is 0 Å². The highest BCUT2D eigenvalue weighted by molar-refractivity contribution is 4.71. The zero-order valence-corrected chi connectivity index (χ0v) is 10.3. The third-order valence-electron chi connectivity index (χ3n) is 2.81. The Hall–Kier alpha value is -0.0800. The van der Waals surface area contributed by atoms with Gasteiger partial charge in [0.1, 0.15) is 0 Å². The molecule has 0 aromatic heterocycles. The highest BCUT2D eigenvalue weighted by atomic mass is 16.5. The predicted octanol–water partition coefficient (Wildman–Crippen LogP) is 2.83. The van der Waals surface area contributed by atoms with E-state index in [1.807, 2.05) is 0 Å². The van der Waals surface area contributed by atoms with Crippen LogP contribution >= 0.6 is 0 Å². The van der Waals surface area contributed by atoms with Crippen LogP contribution in [0.25, 0.3) is 0 Å². The molecule has 14 heavy (non-hydrogen) atoms. The second-order valence-electron chi connectivity index (χ2n) is 4.00. The molecule has 0 bridgehead atoms. The van der Waals surface area contributed by atoms with Crippen molar-refractivity contribution in [1.82, 2.24) is 5.32 Å². The fourth-order valence-corrected chi connectivity index (χ4v) is 1.92. The molecule has 2 atom stereocenters. The summed E-state index contributed by atoms with van der Waals surface area (Å²) in [6.45, 7) is 8.40. The van der Waals surface area contributed by atoms with Crippen molar-refractivity contribution in [2.45, 2.75) is 52.5 Å². The van der Waals surface area contributed by atoms with Gasteiger partial charge in [-0.2, -0.15) is 0 Å². The molecule has 0 fully saturated rings. The van der Waals surface area contributed by atoms with Gasteiger partial charge in [0, 0.05) is 19.3 Å². The van der Waals surface area contributed by atoms with E-state index in [0.717, 1.165) is 19.1 Å². The molecule has 2 heteroatoms. The second kappa shape index (κ2) is 9.47. The summed E-state index contributed by atoms with van der Waals surface area (Å²) in [5.41, 5.74) is 0. The first-order valence-corrected chi connectivity index (χ1v) is 6.01. The molecule has 0 saturated heterocycles. The van der Waals surface area contributed by atoms with Crippen molar-refractivity contribution in [3.05, 3.63) is 0 Å². The summed E-state index contributed by atoms with van der Waals surface area (Å²) < 4.78 is 5.34. The van der Waals surface area contributed by atoms with E-state index in [0.29, 0.717) is 6.04 Å². The van der Waals surface area contributed by atoms with Crippen molar-refractivity contribution in [2.24, 2.45) is 5.92 Å². The monoisotopic (exact) mass is 201 g/mol. The molecule has 0 heterocycles. The zero-order chi connectivity index (χ0) is 10.8. The Bertz CT molecular complexity index is 117. The highest BCUT2D eigenvalue weighted by Gasteiger charge is 2.13. The summed E-state index contributed by atoms with van der Waals surface area (Å²) in [4.78, 5) is 0. The van der Waals surface area contributed by atoms with Crippen LogP contribution in [0.2, 0.25) is 0 Å². The van der Waals surface area contributed by atoms with Gasteiger partial charge in [-0.3, -0.25) is 0 Å². The Labute approximate surface area is 89.4 Å². The molecule has 0 aromatic carbocycles. The topological polar surface area (TPSA) is 21.3 Å². The van der Waals surface area contributed by atoms with Crippen LogP contribution < -0.4 is 5.32 Å². The van der Waals surface area contributed by atoms with Gasteiger partial charge < -0.3 is 10.1 Å². The highest BCUT2D eigenvalue weighted by Crippen LogP contribution is 2.14. The molecule has 0 spiro atoms. The van der Waals surface area contributed by atoms with Crippen LogP contribution in [0, 0.1) is 5.92 Å². The summed E-state index contributed by atoms with van der Waals surface area (Å²) in [6.07, 6.45) is 5.01. The van der Waals surface area contributed by atoms with E-state index in [9.17, 15) is 0 Å². The van der Waals surface area contributed by atoms with Gasteiger partial charge in [0.25, 0.3) is 0 Å². The molecular weight excluding hydrogens is 174 g/mol. The number of nitrogens with one attached hydrogen (secondary N) is 1. The molecule has 0 amide bonds. The molecule has 0 saturated carbocycles. The third kappa shape index (κ3) is 6.39. The van der Waals surface area contributed by atoms with Gasteiger partial charge in [0.05, 0.1) is 0 Å². The van der Waals surface area contributed by atoms with Crippen LogP contribution in [-0.2, 0) is 4.74 Å². The van der Waals surface area contributed by atoms with Gasteiger partial charge in [0.15, 0.2) is 0 Å². The number of hydrogen-bond acceptors (Lipinski definition) is 2. The quantitative estimate of drug-likeness (QED) is 0.579. The smallest absolute Gasteiger partial charge is 0.0466 e. The van der Waals surface area contributed by atoms with Crippen molar-refractivity contribution in [3.8, 4) is 0 Å². The van der Waals surface area contributed by atoms with E-state index in [1.165, 1.54) is 25.7 Å². The van der Waals surface area contributed by atoms with Crippen LogP contribution in [0.3, 0.4) is 0 Å². The van der Waals surface area contributed by atoms with Crippen LogP contribution in [0.5, 0.6) is 0 Å². The van der Waals surface area contributed by atoms with E-state index in [-0.39, 0.29) is 0 Å². The lowest BCUT2D eigenvalue weighted by atomic mass is 9.93. The lowest BCUT2D eigenvalue weighted by Crippen LogP contribution is -2.32. The van der Waals surface area contributed by atoms with E-state index < -0.39 is 0 Å². The first kappa shape index (κ1) is 13.9. The SMILES string of the molecule is CCCC(C)C(CCCOCC)NC. The van der Waals surface area contributed by atoms with Gasteiger partial charge in [-0.1, -0.05) is 20.3 Å². The largest absolute Gasteiger partial charge is 0.382 e. The minimum absolute atomic E-state index is 0.662. The minimum Gasteiger partial charge on any atom is -0.382 e. The lowest BCUT2D eigenvalue weighted by molar-refractivity contribution is 0.138. The van der Waals surface area contributed by atoms with E-state index in [1.54, 1.807) is 0 Å². The van der Waals surface area contributed by atoms with Crippen molar-refractivity contribution in [2.75, 3.05) is 20.3 Å². The Balaban J connectivity index is 3.56. The summed E-state index contributed by atoms with van der Waals surface area (Å²) in [6, 6.07) is 0.662. The molecule has 0 aliphatic rings. The molecule has 0 radical (unpaired) electrons. The standard InChI is InChI=1S/C12H27NO/c1-5-8-11(3)12(13-4)9-7-10-14-6-2/h11-13H,5-10H2,1-4H3. The molecular formula is C12H27NO. The van der Waals surface area contributed by atoms with Crippen LogP contribution in [0.1, 0.15) is 46.5 Å². The Kier molecular flexibility index (Phi) is 9.42. The van der Waals surface area contributed by atoms with Crippen molar-refractivity contribution in [3.63, 3.8) is 0 Å². The maximum Gasteiger partial charge on any atom is 0.0466 e. The number of hydrogen-bond donors (Lipinski definition) is 1. The van der Waals surface area contributed by atoms with Crippen molar-refractivity contribution in [1.29, 1.82) is 0 Å². The Morgan fingerprint density at radius 2 is 1.93 bits per heavy atom. The fraction of sp³-hybridized carbons (Fsp3) is 1.00. The molecule has 0 aromatic rings. The summed E-state index contributed by atoms with van der Waals surface area (Å²) in [5.74, 6) is 0.784. The average Bonchev–Trinajstić information content (AvgIpc) is 2.18. The molecule has 2 nitrogen and oxygen atoms in total. The average molecular weight is 201 g/mol. The van der Waals surface area contributed by atoms with Crippen LogP contribution in [-0.4, -0.2) is 26.3 Å². The summed E-state index contributed by atoms with van der Waals surface area (Å²) in [7, 11) is 2.07. The van der Waals surface area contributed by atoms with E-state index in [2.05, 4.69) is 33.1 Å². The molecule has 1 N–H and O–H groups in total.